The van der Waals surface area contributed by atoms with Crippen molar-refractivity contribution >= 4 is 15.9 Å². The number of aliphatic hydroxyl groups is 1. The highest BCUT2D eigenvalue weighted by Crippen LogP contribution is 2.29. The number of morpholine rings is 1. The van der Waals surface area contributed by atoms with Crippen LogP contribution in [0.1, 0.15) is 18.6 Å². The van der Waals surface area contributed by atoms with Crippen molar-refractivity contribution in [2.75, 3.05) is 39.5 Å². The molecule has 1 aromatic rings. The summed E-state index contributed by atoms with van der Waals surface area (Å²) in [4.78, 5) is 2.38. The minimum absolute atomic E-state index is 0.0835. The van der Waals surface area contributed by atoms with Crippen molar-refractivity contribution in [3.63, 3.8) is 0 Å². The van der Waals surface area contributed by atoms with Gasteiger partial charge < -0.3 is 14.6 Å². The van der Waals surface area contributed by atoms with E-state index in [1.807, 2.05) is 0 Å². The summed E-state index contributed by atoms with van der Waals surface area (Å²) in [6.45, 7) is 5.88. The zero-order valence-electron chi connectivity index (χ0n) is 11.8. The summed E-state index contributed by atoms with van der Waals surface area (Å²) in [6, 6.07) is 8.64. The number of benzene rings is 1. The van der Waals surface area contributed by atoms with Gasteiger partial charge in [-0.05, 0) is 24.6 Å². The van der Waals surface area contributed by atoms with Crippen molar-refractivity contribution < 1.29 is 14.6 Å². The Morgan fingerprint density at radius 2 is 2.10 bits per heavy atom. The fourth-order valence-electron chi connectivity index (χ4n) is 2.52. The third kappa shape index (κ3) is 4.27. The second kappa shape index (κ2) is 8.10. The standard InChI is InChI=1S/C15H22BrNO3/c1-12-15(13-2-4-14(16)5-3-13)20-10-7-17(12)6-9-19-11-8-18/h2-5,12,15,18H,6-11H2,1H3. The van der Waals surface area contributed by atoms with Crippen molar-refractivity contribution in [2.45, 2.75) is 19.1 Å². The molecule has 1 saturated heterocycles. The predicted octanol–water partition coefficient (Wildman–Crippen LogP) is 2.22. The van der Waals surface area contributed by atoms with Crippen molar-refractivity contribution in [3.8, 4) is 0 Å². The molecule has 0 aromatic heterocycles. The first kappa shape index (κ1) is 15.9. The fraction of sp³-hybridized carbons (Fsp3) is 0.600. The molecule has 1 aliphatic rings. The second-order valence-electron chi connectivity index (χ2n) is 4.96. The molecule has 2 unspecified atom stereocenters. The monoisotopic (exact) mass is 343 g/mol. The molecule has 4 nitrogen and oxygen atoms in total. The Morgan fingerprint density at radius 3 is 2.80 bits per heavy atom. The first-order valence-electron chi connectivity index (χ1n) is 7.02. The van der Waals surface area contributed by atoms with E-state index in [4.69, 9.17) is 14.6 Å². The maximum absolute atomic E-state index is 8.71. The molecule has 0 radical (unpaired) electrons. The fourth-order valence-corrected chi connectivity index (χ4v) is 2.79. The average Bonchev–Trinajstić information content (AvgIpc) is 2.46. The highest BCUT2D eigenvalue weighted by molar-refractivity contribution is 9.10. The molecule has 0 spiro atoms. The summed E-state index contributed by atoms with van der Waals surface area (Å²) in [5.74, 6) is 0. The van der Waals surface area contributed by atoms with Gasteiger partial charge in [0.1, 0.15) is 0 Å². The van der Waals surface area contributed by atoms with Crippen LogP contribution in [0.5, 0.6) is 0 Å². The summed E-state index contributed by atoms with van der Waals surface area (Å²) >= 11 is 3.46. The minimum Gasteiger partial charge on any atom is -0.394 e. The highest BCUT2D eigenvalue weighted by atomic mass is 79.9. The number of ether oxygens (including phenoxy) is 2. The van der Waals surface area contributed by atoms with Gasteiger partial charge in [0.05, 0.1) is 32.5 Å². The molecule has 2 rings (SSSR count). The number of halogens is 1. The number of hydrogen-bond donors (Lipinski definition) is 1. The van der Waals surface area contributed by atoms with Crippen LogP contribution in [-0.2, 0) is 9.47 Å². The van der Waals surface area contributed by atoms with E-state index in [0.717, 1.165) is 24.2 Å². The molecule has 1 aliphatic heterocycles. The third-order valence-electron chi connectivity index (χ3n) is 3.65. The number of aliphatic hydroxyl groups excluding tert-OH is 1. The SMILES string of the molecule is CC1C(c2ccc(Br)cc2)OCCN1CCOCCO. The van der Waals surface area contributed by atoms with Crippen molar-refractivity contribution in [1.29, 1.82) is 0 Å². The second-order valence-corrected chi connectivity index (χ2v) is 5.87. The molecule has 2 atom stereocenters. The zero-order chi connectivity index (χ0) is 14.4. The largest absolute Gasteiger partial charge is 0.394 e. The molecule has 0 aliphatic carbocycles. The molecule has 1 heterocycles. The normalized spacial score (nSPS) is 23.9. The number of nitrogens with zero attached hydrogens (tertiary/aromatic N) is 1. The van der Waals surface area contributed by atoms with Crippen LogP contribution in [0, 0.1) is 0 Å². The molecule has 1 aromatic carbocycles. The summed E-state index contributed by atoms with van der Waals surface area (Å²) in [6.07, 6.45) is 0.106. The highest BCUT2D eigenvalue weighted by Gasteiger charge is 2.29. The Morgan fingerprint density at radius 1 is 1.35 bits per heavy atom. The van der Waals surface area contributed by atoms with Gasteiger partial charge >= 0.3 is 0 Å². The summed E-state index contributed by atoms with van der Waals surface area (Å²) in [5.41, 5.74) is 1.21. The third-order valence-corrected chi connectivity index (χ3v) is 4.18. The van der Waals surface area contributed by atoms with E-state index in [0.29, 0.717) is 19.3 Å². The number of hydrogen-bond acceptors (Lipinski definition) is 4. The maximum atomic E-state index is 8.71. The van der Waals surface area contributed by atoms with Crippen molar-refractivity contribution in [1.82, 2.24) is 4.90 Å². The molecule has 0 saturated carbocycles. The minimum atomic E-state index is 0.0835. The summed E-state index contributed by atoms with van der Waals surface area (Å²) < 4.78 is 12.4. The first-order chi connectivity index (χ1) is 9.72. The van der Waals surface area contributed by atoms with Crippen LogP contribution < -0.4 is 0 Å². The number of rotatable bonds is 6. The molecule has 112 valence electrons. The van der Waals surface area contributed by atoms with Gasteiger partial charge in [-0.2, -0.15) is 0 Å². The van der Waals surface area contributed by atoms with Gasteiger partial charge in [0.25, 0.3) is 0 Å². The van der Waals surface area contributed by atoms with Gasteiger partial charge in [-0.1, -0.05) is 28.1 Å². The first-order valence-corrected chi connectivity index (χ1v) is 7.81. The molecule has 5 heteroatoms. The quantitative estimate of drug-likeness (QED) is 0.804. The predicted molar refractivity (Wildman–Crippen MR) is 81.8 cm³/mol. The van der Waals surface area contributed by atoms with E-state index in [1.54, 1.807) is 0 Å². The topological polar surface area (TPSA) is 41.9 Å². The van der Waals surface area contributed by atoms with Crippen LogP contribution in [0.25, 0.3) is 0 Å². The van der Waals surface area contributed by atoms with Crippen LogP contribution in [0.4, 0.5) is 0 Å². The van der Waals surface area contributed by atoms with Crippen molar-refractivity contribution in [3.05, 3.63) is 34.3 Å². The Bertz CT molecular complexity index is 399. The molecular formula is C15H22BrNO3. The van der Waals surface area contributed by atoms with Crippen LogP contribution in [-0.4, -0.2) is 55.6 Å². The van der Waals surface area contributed by atoms with Crippen LogP contribution in [0.15, 0.2) is 28.7 Å². The Balaban J connectivity index is 1.92. The van der Waals surface area contributed by atoms with Gasteiger partial charge in [0, 0.05) is 23.6 Å². The lowest BCUT2D eigenvalue weighted by atomic mass is 10.0. The van der Waals surface area contributed by atoms with Gasteiger partial charge in [-0.25, -0.2) is 0 Å². The van der Waals surface area contributed by atoms with Gasteiger partial charge in [-0.3, -0.25) is 4.90 Å². The molecule has 0 bridgehead atoms. The molecular weight excluding hydrogens is 322 g/mol. The Labute approximate surface area is 128 Å². The Kier molecular flexibility index (Phi) is 6.45. The van der Waals surface area contributed by atoms with E-state index in [-0.39, 0.29) is 12.7 Å². The van der Waals surface area contributed by atoms with E-state index in [1.165, 1.54) is 5.56 Å². The van der Waals surface area contributed by atoms with E-state index in [9.17, 15) is 0 Å². The lowest BCUT2D eigenvalue weighted by Gasteiger charge is -2.39. The molecule has 0 amide bonds. The zero-order valence-corrected chi connectivity index (χ0v) is 13.4. The van der Waals surface area contributed by atoms with Crippen LogP contribution in [0.3, 0.4) is 0 Å². The van der Waals surface area contributed by atoms with E-state index < -0.39 is 0 Å². The Hall–Kier alpha value is -0.460. The lowest BCUT2D eigenvalue weighted by molar-refractivity contribution is -0.0741. The van der Waals surface area contributed by atoms with Gasteiger partial charge in [0.2, 0.25) is 0 Å². The van der Waals surface area contributed by atoms with Crippen molar-refractivity contribution in [2.24, 2.45) is 0 Å². The van der Waals surface area contributed by atoms with E-state index in [2.05, 4.69) is 52.0 Å². The van der Waals surface area contributed by atoms with E-state index >= 15 is 0 Å². The maximum Gasteiger partial charge on any atom is 0.0977 e. The van der Waals surface area contributed by atoms with Crippen LogP contribution >= 0.6 is 15.9 Å². The summed E-state index contributed by atoms with van der Waals surface area (Å²) in [7, 11) is 0. The molecule has 20 heavy (non-hydrogen) atoms. The lowest BCUT2D eigenvalue weighted by Crippen LogP contribution is -2.46. The molecule has 1 N–H and O–H groups in total. The van der Waals surface area contributed by atoms with Crippen LogP contribution in [0.2, 0.25) is 0 Å². The average molecular weight is 344 g/mol. The summed E-state index contributed by atoms with van der Waals surface area (Å²) in [5, 5.41) is 8.71. The van der Waals surface area contributed by atoms with Gasteiger partial charge in [-0.15, -0.1) is 0 Å². The smallest absolute Gasteiger partial charge is 0.0977 e. The van der Waals surface area contributed by atoms with Gasteiger partial charge in [0.15, 0.2) is 0 Å². The molecule has 1 fully saturated rings.